The molecular formula is C17H28O4S2. The van der Waals surface area contributed by atoms with Gasteiger partial charge in [-0.2, -0.15) is 0 Å². The fourth-order valence-corrected chi connectivity index (χ4v) is 3.11. The predicted molar refractivity (Wildman–Crippen MR) is 97.0 cm³/mol. The molecule has 6 heteroatoms. The number of unbranched alkanes of at least 4 members (excludes halogenated alkanes) is 3. The summed E-state index contributed by atoms with van der Waals surface area (Å²) in [6.07, 6.45) is 9.92. The minimum Gasteiger partial charge on any atom is -0.744 e. The molecule has 1 aromatic carbocycles. The van der Waals surface area contributed by atoms with Gasteiger partial charge < -0.3 is 4.55 Å². The number of carbonyl (C=O) groups excluding carboxylic acids is 1. The molecule has 1 aromatic rings. The molecule has 0 amide bonds. The Bertz CT molecular complexity index is 548. The van der Waals surface area contributed by atoms with Gasteiger partial charge in [0, 0.05) is 6.42 Å². The normalized spacial score (nSPS) is 11.0. The summed E-state index contributed by atoms with van der Waals surface area (Å²) in [5.74, 6) is 1.26. The minimum atomic E-state index is -4.27. The van der Waals surface area contributed by atoms with E-state index in [0.717, 1.165) is 24.2 Å². The minimum absolute atomic E-state index is 0.178. The number of hydrogen-bond donors (Lipinski definition) is 0. The second kappa shape index (κ2) is 11.6. The molecular weight excluding hydrogens is 332 g/mol. The molecule has 0 aliphatic rings. The number of rotatable bonds is 8. The molecule has 0 saturated heterocycles. The first-order valence-electron chi connectivity index (χ1n) is 7.75. The highest BCUT2D eigenvalue weighted by Gasteiger charge is 2.10. The van der Waals surface area contributed by atoms with E-state index in [-0.39, 0.29) is 4.90 Å². The van der Waals surface area contributed by atoms with Crippen LogP contribution < -0.4 is 0 Å². The highest BCUT2D eigenvalue weighted by molar-refractivity contribution is 7.96. The Kier molecular flexibility index (Phi) is 11.2. The van der Waals surface area contributed by atoms with Gasteiger partial charge in [-0.25, -0.2) is 8.42 Å². The van der Waals surface area contributed by atoms with Crippen LogP contribution in [0.1, 0.15) is 44.6 Å². The molecule has 1 rings (SSSR count). The maximum Gasteiger partial charge on any atom is 0.181 e. The van der Waals surface area contributed by atoms with Gasteiger partial charge in [0.25, 0.3) is 0 Å². The molecule has 0 spiro atoms. The van der Waals surface area contributed by atoms with Gasteiger partial charge in [-0.05, 0) is 36.4 Å². The monoisotopic (exact) mass is 360 g/mol. The van der Waals surface area contributed by atoms with Gasteiger partial charge in [-0.3, -0.25) is 4.79 Å². The van der Waals surface area contributed by atoms with E-state index < -0.39 is 10.1 Å². The van der Waals surface area contributed by atoms with Crippen LogP contribution in [0.2, 0.25) is 0 Å². The number of aryl methyl sites for hydroxylation is 1. The maximum atomic E-state index is 11.2. The van der Waals surface area contributed by atoms with E-state index in [1.807, 2.05) is 6.92 Å². The van der Waals surface area contributed by atoms with E-state index in [9.17, 15) is 17.8 Å². The number of Topliss-reactive ketones (excluding diaryl/α,β-unsaturated/α-hetero) is 1. The van der Waals surface area contributed by atoms with Gasteiger partial charge in [-0.1, -0.05) is 43.9 Å². The van der Waals surface area contributed by atoms with E-state index in [0.29, 0.717) is 16.7 Å². The fourth-order valence-electron chi connectivity index (χ4n) is 1.85. The van der Waals surface area contributed by atoms with Crippen molar-refractivity contribution in [1.82, 2.24) is 0 Å². The summed E-state index contributed by atoms with van der Waals surface area (Å²) in [7, 11) is -3.97. The molecule has 0 bridgehead atoms. The van der Waals surface area contributed by atoms with E-state index in [4.69, 9.17) is 0 Å². The molecule has 23 heavy (non-hydrogen) atoms. The first-order valence-corrected chi connectivity index (χ1v) is 11.4. The molecule has 0 aromatic heterocycles. The summed E-state index contributed by atoms with van der Waals surface area (Å²) < 4.78 is 31.2. The van der Waals surface area contributed by atoms with Crippen molar-refractivity contribution in [3.05, 3.63) is 29.8 Å². The Labute approximate surface area is 143 Å². The van der Waals surface area contributed by atoms with Crippen LogP contribution in [-0.4, -0.2) is 37.0 Å². The maximum absolute atomic E-state index is 11.2. The molecule has 132 valence electrons. The van der Waals surface area contributed by atoms with Crippen LogP contribution >= 0.6 is 0 Å². The number of ketones is 1. The lowest BCUT2D eigenvalue weighted by atomic mass is 10.1. The number of carbonyl (C=O) groups is 1. The third kappa shape index (κ3) is 12.3. The van der Waals surface area contributed by atoms with Crippen LogP contribution in [-0.2, 0) is 25.8 Å². The van der Waals surface area contributed by atoms with Crippen LogP contribution in [0.4, 0.5) is 0 Å². The first kappa shape index (κ1) is 22.1. The van der Waals surface area contributed by atoms with Gasteiger partial charge >= 0.3 is 0 Å². The zero-order valence-corrected chi connectivity index (χ0v) is 16.1. The standard InChI is InChI=1S/C10H21OS.C7H8O3S/c1-4-5-6-7-8-10(11)9-12(2)3;1-6-2-4-7(5-3-6)11(8,9)10/h4-9H2,1-3H3;2-5H,1H3,(H,8,9,10)/q+1;/p-1. The Morgan fingerprint density at radius 1 is 1.09 bits per heavy atom. The fraction of sp³-hybridized carbons (Fsp3) is 0.588. The molecule has 0 heterocycles. The van der Waals surface area contributed by atoms with Crippen molar-refractivity contribution in [2.75, 3.05) is 18.3 Å². The lowest BCUT2D eigenvalue weighted by Gasteiger charge is -2.05. The molecule has 0 fully saturated rings. The quantitative estimate of drug-likeness (QED) is 0.405. The van der Waals surface area contributed by atoms with Crippen molar-refractivity contribution < 1.29 is 17.8 Å². The van der Waals surface area contributed by atoms with Gasteiger partial charge in [0.2, 0.25) is 0 Å². The number of benzene rings is 1. The van der Waals surface area contributed by atoms with Gasteiger partial charge in [-0.15, -0.1) is 0 Å². The van der Waals surface area contributed by atoms with Crippen LogP contribution in [0.25, 0.3) is 0 Å². The van der Waals surface area contributed by atoms with E-state index in [1.54, 1.807) is 12.1 Å². The van der Waals surface area contributed by atoms with Crippen LogP contribution in [0, 0.1) is 6.92 Å². The third-order valence-corrected chi connectivity index (χ3v) is 4.82. The van der Waals surface area contributed by atoms with Crippen LogP contribution in [0.3, 0.4) is 0 Å². The zero-order chi connectivity index (χ0) is 17.9. The highest BCUT2D eigenvalue weighted by Crippen LogP contribution is 2.08. The molecule has 0 saturated carbocycles. The Hall–Kier alpha value is -0.850. The zero-order valence-electron chi connectivity index (χ0n) is 14.5. The van der Waals surface area contributed by atoms with E-state index in [1.165, 1.54) is 31.4 Å². The summed E-state index contributed by atoms with van der Waals surface area (Å²) in [6.45, 7) is 4.01. The molecule has 0 N–H and O–H groups in total. The van der Waals surface area contributed by atoms with Gasteiger partial charge in [0.15, 0.2) is 11.5 Å². The summed E-state index contributed by atoms with van der Waals surface area (Å²) in [4.78, 5) is 11.0. The Morgan fingerprint density at radius 2 is 1.65 bits per heavy atom. The lowest BCUT2D eigenvalue weighted by Crippen LogP contribution is -2.13. The molecule has 0 aliphatic carbocycles. The second-order valence-electron chi connectivity index (χ2n) is 5.75. The van der Waals surface area contributed by atoms with Crippen molar-refractivity contribution in [1.29, 1.82) is 0 Å². The van der Waals surface area contributed by atoms with Crippen molar-refractivity contribution in [3.8, 4) is 0 Å². The summed E-state index contributed by atoms with van der Waals surface area (Å²) in [6, 6.07) is 5.78. The molecule has 0 aliphatic heterocycles. The van der Waals surface area contributed by atoms with Crippen molar-refractivity contribution in [2.24, 2.45) is 0 Å². The van der Waals surface area contributed by atoms with E-state index >= 15 is 0 Å². The Balaban J connectivity index is 0.000000422. The highest BCUT2D eigenvalue weighted by atomic mass is 32.2. The van der Waals surface area contributed by atoms with Crippen LogP contribution in [0.5, 0.6) is 0 Å². The van der Waals surface area contributed by atoms with Crippen molar-refractivity contribution >= 4 is 26.8 Å². The summed E-state index contributed by atoms with van der Waals surface area (Å²) >= 11 is 0. The molecule has 0 unspecified atom stereocenters. The Morgan fingerprint density at radius 3 is 2.09 bits per heavy atom. The van der Waals surface area contributed by atoms with Gasteiger partial charge in [0.05, 0.1) is 17.4 Å². The topological polar surface area (TPSA) is 74.3 Å². The van der Waals surface area contributed by atoms with Crippen molar-refractivity contribution in [2.45, 2.75) is 50.8 Å². The second-order valence-corrected chi connectivity index (χ2v) is 9.39. The molecule has 0 atom stereocenters. The van der Waals surface area contributed by atoms with Gasteiger partial charge in [0.1, 0.15) is 10.1 Å². The van der Waals surface area contributed by atoms with Crippen LogP contribution in [0.15, 0.2) is 29.2 Å². The average Bonchev–Trinajstić information content (AvgIpc) is 2.43. The largest absolute Gasteiger partial charge is 0.744 e. The SMILES string of the molecule is CCCCCCC(=O)C[S+](C)C.Cc1ccc(S(=O)(=O)[O-])cc1. The average molecular weight is 361 g/mol. The van der Waals surface area contributed by atoms with Crippen molar-refractivity contribution in [3.63, 3.8) is 0 Å². The third-order valence-electron chi connectivity index (χ3n) is 3.07. The van der Waals surface area contributed by atoms with E-state index in [2.05, 4.69) is 19.4 Å². The summed E-state index contributed by atoms with van der Waals surface area (Å²) in [5, 5.41) is 0. The lowest BCUT2D eigenvalue weighted by molar-refractivity contribution is -0.116. The first-order chi connectivity index (χ1) is 10.7. The smallest absolute Gasteiger partial charge is 0.181 e. The number of hydrogen-bond acceptors (Lipinski definition) is 4. The molecule has 0 radical (unpaired) electrons. The molecule has 4 nitrogen and oxygen atoms in total. The predicted octanol–water partition coefficient (Wildman–Crippen LogP) is 3.30. The summed E-state index contributed by atoms with van der Waals surface area (Å²) in [5.41, 5.74) is 0.928.